The Kier molecular flexibility index (Phi) is 15.2. The molecule has 17 heteroatoms. The number of nitrogens with zero attached hydrogens (tertiary/aromatic N) is 3. The van der Waals surface area contributed by atoms with Gasteiger partial charge in [0.15, 0.2) is 5.15 Å². The monoisotopic (exact) mass is 904 g/mol. The fraction of sp³-hybridized carbons (Fsp3) is 0.189. The molecular formula is C37H36Br2Cl2N6O7. The van der Waals surface area contributed by atoms with Gasteiger partial charge in [-0.05, 0) is 60.7 Å². The molecule has 0 saturated heterocycles. The lowest BCUT2D eigenvalue weighted by Gasteiger charge is -2.16. The average Bonchev–Trinajstić information content (AvgIpc) is 3.18. The Bertz CT molecular complexity index is 2280. The van der Waals surface area contributed by atoms with Crippen LogP contribution in [0.1, 0.15) is 11.1 Å². The van der Waals surface area contributed by atoms with Crippen LogP contribution in [0.5, 0.6) is 23.0 Å². The summed E-state index contributed by atoms with van der Waals surface area (Å²) in [6.07, 6.45) is 0. The van der Waals surface area contributed by atoms with Gasteiger partial charge in [-0.25, -0.2) is 9.97 Å². The zero-order valence-corrected chi connectivity index (χ0v) is 34.4. The van der Waals surface area contributed by atoms with Crippen LogP contribution in [-0.2, 0) is 13.1 Å². The van der Waals surface area contributed by atoms with E-state index in [0.717, 1.165) is 55.3 Å². The lowest BCUT2D eigenvalue weighted by atomic mass is 10.1. The Labute approximate surface area is 338 Å². The SMILES string of the molecule is CO.COc1ccc(CNc2c(N)c(Cl)nc3ccc(Br)cc23)c(OC)c1.COc1ccc(CNc2c([N+](=O)[O-])c(Cl)nc3ccc(Br)cc23)c(OC)c1. The van der Waals surface area contributed by atoms with Crippen molar-refractivity contribution >= 4 is 99.6 Å². The fourth-order valence-electron chi connectivity index (χ4n) is 5.31. The molecule has 13 nitrogen and oxygen atoms in total. The number of anilines is 3. The topological polar surface area (TPSA) is 176 Å². The summed E-state index contributed by atoms with van der Waals surface area (Å²) in [4.78, 5) is 19.5. The highest BCUT2D eigenvalue weighted by Gasteiger charge is 2.24. The molecule has 0 unspecified atom stereocenters. The Morgan fingerprint density at radius 1 is 0.704 bits per heavy atom. The minimum absolute atomic E-state index is 0.168. The number of nitrogen functional groups attached to an aromatic ring is 1. The van der Waals surface area contributed by atoms with Crippen molar-refractivity contribution in [3.05, 3.63) is 113 Å². The number of halogens is 4. The van der Waals surface area contributed by atoms with E-state index in [-0.39, 0.29) is 22.5 Å². The van der Waals surface area contributed by atoms with Gasteiger partial charge in [0.25, 0.3) is 0 Å². The Morgan fingerprint density at radius 2 is 1.15 bits per heavy atom. The van der Waals surface area contributed by atoms with Gasteiger partial charge in [0, 0.05) is 63.2 Å². The third-order valence-corrected chi connectivity index (χ3v) is 9.44. The largest absolute Gasteiger partial charge is 0.497 e. The minimum Gasteiger partial charge on any atom is -0.497 e. The number of methoxy groups -OCH3 is 4. The number of pyridine rings is 2. The number of rotatable bonds is 11. The number of nitro groups is 1. The maximum atomic E-state index is 11.6. The number of benzene rings is 4. The number of aromatic nitrogens is 2. The van der Waals surface area contributed by atoms with E-state index < -0.39 is 4.92 Å². The molecule has 4 aromatic carbocycles. The molecule has 2 heterocycles. The zero-order valence-electron chi connectivity index (χ0n) is 29.7. The Morgan fingerprint density at radius 3 is 1.59 bits per heavy atom. The molecule has 5 N–H and O–H groups in total. The van der Waals surface area contributed by atoms with Crippen molar-refractivity contribution in [2.24, 2.45) is 0 Å². The number of hydrogen-bond donors (Lipinski definition) is 4. The highest BCUT2D eigenvalue weighted by molar-refractivity contribution is 9.10. The summed E-state index contributed by atoms with van der Waals surface area (Å²) in [6, 6.07) is 22.1. The molecule has 0 radical (unpaired) electrons. The summed E-state index contributed by atoms with van der Waals surface area (Å²) >= 11 is 19.1. The molecule has 0 amide bonds. The number of aliphatic hydroxyl groups excluding tert-OH is 1. The lowest BCUT2D eigenvalue weighted by Crippen LogP contribution is -2.06. The molecule has 0 saturated carbocycles. The van der Waals surface area contributed by atoms with Crippen LogP contribution in [0.25, 0.3) is 21.8 Å². The van der Waals surface area contributed by atoms with Gasteiger partial charge in [0.05, 0.1) is 55.8 Å². The van der Waals surface area contributed by atoms with Gasteiger partial charge in [-0.2, -0.15) is 0 Å². The molecule has 6 rings (SSSR count). The highest BCUT2D eigenvalue weighted by Crippen LogP contribution is 2.40. The summed E-state index contributed by atoms with van der Waals surface area (Å²) in [5, 5.41) is 26.7. The Hall–Kier alpha value is -4.80. The molecule has 0 aliphatic carbocycles. The highest BCUT2D eigenvalue weighted by atomic mass is 79.9. The predicted molar refractivity (Wildman–Crippen MR) is 222 cm³/mol. The van der Waals surface area contributed by atoms with Gasteiger partial charge in [-0.15, -0.1) is 0 Å². The van der Waals surface area contributed by atoms with E-state index in [9.17, 15) is 10.1 Å². The first kappa shape index (κ1) is 41.9. The van der Waals surface area contributed by atoms with E-state index >= 15 is 0 Å². The van der Waals surface area contributed by atoms with Crippen LogP contribution < -0.4 is 35.3 Å². The van der Waals surface area contributed by atoms with Gasteiger partial charge in [-0.1, -0.05) is 55.1 Å². The van der Waals surface area contributed by atoms with Crippen LogP contribution in [0.2, 0.25) is 10.3 Å². The number of hydrogen-bond acceptors (Lipinski definition) is 12. The molecule has 0 aliphatic heterocycles. The van der Waals surface area contributed by atoms with Gasteiger partial charge in [0.1, 0.15) is 28.7 Å². The van der Waals surface area contributed by atoms with Crippen molar-refractivity contribution < 1.29 is 29.0 Å². The van der Waals surface area contributed by atoms with Crippen LogP contribution in [0.15, 0.2) is 81.7 Å². The summed E-state index contributed by atoms with van der Waals surface area (Å²) in [7, 11) is 7.37. The number of fused-ring (bicyclic) bond motifs is 2. The third kappa shape index (κ3) is 9.84. The normalized spacial score (nSPS) is 10.4. The van der Waals surface area contributed by atoms with Crippen LogP contribution in [-0.4, -0.2) is 55.5 Å². The molecule has 54 heavy (non-hydrogen) atoms. The first-order chi connectivity index (χ1) is 26.0. The zero-order chi connectivity index (χ0) is 39.5. The second kappa shape index (κ2) is 19.5. The van der Waals surface area contributed by atoms with Gasteiger partial charge >= 0.3 is 5.69 Å². The second-order valence-corrected chi connectivity index (χ2v) is 13.5. The van der Waals surface area contributed by atoms with Crippen molar-refractivity contribution in [3.8, 4) is 23.0 Å². The van der Waals surface area contributed by atoms with Crippen LogP contribution in [0.4, 0.5) is 22.7 Å². The second-order valence-electron chi connectivity index (χ2n) is 11.0. The van der Waals surface area contributed by atoms with E-state index in [2.05, 4.69) is 52.5 Å². The maximum Gasteiger partial charge on any atom is 0.329 e. The van der Waals surface area contributed by atoms with Crippen LogP contribution in [0.3, 0.4) is 0 Å². The maximum absolute atomic E-state index is 11.6. The molecule has 6 aromatic rings. The van der Waals surface area contributed by atoms with E-state index in [1.54, 1.807) is 58.8 Å². The third-order valence-electron chi connectivity index (χ3n) is 7.90. The molecule has 0 aliphatic rings. The molecule has 0 spiro atoms. The van der Waals surface area contributed by atoms with Crippen molar-refractivity contribution in [2.45, 2.75) is 13.1 Å². The fourth-order valence-corrected chi connectivity index (χ4v) is 6.48. The quantitative estimate of drug-likeness (QED) is 0.0551. The molecular weight excluding hydrogens is 871 g/mol. The van der Waals surface area contributed by atoms with E-state index in [0.29, 0.717) is 40.3 Å². The summed E-state index contributed by atoms with van der Waals surface area (Å²) in [5.41, 5.74) is 10.5. The van der Waals surface area contributed by atoms with Gasteiger partial charge in [0.2, 0.25) is 5.15 Å². The molecule has 284 valence electrons. The smallest absolute Gasteiger partial charge is 0.329 e. The van der Waals surface area contributed by atoms with Gasteiger partial charge in [-0.3, -0.25) is 10.1 Å². The first-order valence-electron chi connectivity index (χ1n) is 15.8. The molecule has 2 aromatic heterocycles. The average molecular weight is 907 g/mol. The van der Waals surface area contributed by atoms with Crippen molar-refractivity contribution in [3.63, 3.8) is 0 Å². The standard InChI is InChI=1S/C18H15BrClN3O4.C18H17BrClN3O2.CH4O/c1-26-12-5-3-10(15(8-12)27-2)9-21-16-13-7-11(19)4-6-14(13)22-18(20)17(16)23(24)25;1-24-12-5-3-10(15(8-12)25-2)9-22-17-13-7-11(19)4-6-14(13)23-18(20)16(17)21;1-2/h3-8H,9H2,1-2H3,(H,21,22);3-8H,9,21H2,1-2H3,(H,22,23);2H,1H3. The van der Waals surface area contributed by atoms with Crippen molar-refractivity contribution in [2.75, 3.05) is 51.9 Å². The predicted octanol–water partition coefficient (Wildman–Crippen LogP) is 9.66. The Balaban J connectivity index is 0.000000231. The number of nitrogens with one attached hydrogen (secondary N) is 2. The van der Waals surface area contributed by atoms with Gasteiger partial charge < -0.3 is 40.4 Å². The van der Waals surface area contributed by atoms with E-state index in [4.69, 9.17) is 53.0 Å². The molecule has 0 bridgehead atoms. The first-order valence-corrected chi connectivity index (χ1v) is 18.1. The summed E-state index contributed by atoms with van der Waals surface area (Å²) in [5.74, 6) is 2.73. The summed E-state index contributed by atoms with van der Waals surface area (Å²) in [6.45, 7) is 0.801. The molecule has 0 fully saturated rings. The van der Waals surface area contributed by atoms with E-state index in [1.807, 2.05) is 42.5 Å². The van der Waals surface area contributed by atoms with E-state index in [1.165, 1.54) is 0 Å². The number of ether oxygens (including phenoxy) is 4. The minimum atomic E-state index is -0.538. The molecule has 0 atom stereocenters. The van der Waals surface area contributed by atoms with Crippen molar-refractivity contribution in [1.82, 2.24) is 9.97 Å². The van der Waals surface area contributed by atoms with Crippen LogP contribution in [0, 0.1) is 10.1 Å². The number of nitrogens with two attached hydrogens (primary N) is 1. The van der Waals surface area contributed by atoms with Crippen LogP contribution >= 0.6 is 55.1 Å². The lowest BCUT2D eigenvalue weighted by molar-refractivity contribution is -0.384. The summed E-state index contributed by atoms with van der Waals surface area (Å²) < 4.78 is 23.0. The van der Waals surface area contributed by atoms with Crippen molar-refractivity contribution in [1.29, 1.82) is 0 Å². The number of aliphatic hydroxyl groups is 1.